The molecule has 0 aromatic heterocycles. The normalized spacial score (nSPS) is 21.4. The van der Waals surface area contributed by atoms with Crippen molar-refractivity contribution in [3.63, 3.8) is 0 Å². The zero-order valence-electron chi connectivity index (χ0n) is 9.44. The van der Waals surface area contributed by atoms with Crippen LogP contribution >= 0.6 is 11.6 Å². The summed E-state index contributed by atoms with van der Waals surface area (Å²) in [7, 11) is -3.27. The Balaban J connectivity index is 2.46. The monoisotopic (exact) mass is 275 g/mol. The molecule has 1 aliphatic heterocycles. The number of sulfone groups is 1. The van der Waals surface area contributed by atoms with Gasteiger partial charge in [0.1, 0.15) is 0 Å². The lowest BCUT2D eigenvalue weighted by Gasteiger charge is -2.25. The fraction of sp³-hybridized carbons (Fsp3) is 0.455. The summed E-state index contributed by atoms with van der Waals surface area (Å²) in [5.41, 5.74) is 0.632. The molecule has 1 aliphatic rings. The molecule has 2 rings (SSSR count). The van der Waals surface area contributed by atoms with Crippen molar-refractivity contribution in [1.82, 2.24) is 5.32 Å². The summed E-state index contributed by atoms with van der Waals surface area (Å²) in [6, 6.07) is 4.78. The minimum absolute atomic E-state index is 0.257. The zero-order chi connectivity index (χ0) is 12.5. The molecule has 1 unspecified atom stereocenters. The summed E-state index contributed by atoms with van der Waals surface area (Å²) in [6.45, 7) is 1.95. The molecule has 4 nitrogen and oxygen atoms in total. The minimum atomic E-state index is -3.27. The highest BCUT2D eigenvalue weighted by atomic mass is 35.5. The number of benzene rings is 1. The summed E-state index contributed by atoms with van der Waals surface area (Å²) in [4.78, 5) is 0.288. The predicted molar refractivity (Wildman–Crippen MR) is 66.1 cm³/mol. The topological polar surface area (TPSA) is 55.4 Å². The van der Waals surface area contributed by atoms with Crippen molar-refractivity contribution in [3.05, 3.63) is 28.8 Å². The molecule has 0 amide bonds. The summed E-state index contributed by atoms with van der Waals surface area (Å²) in [5.74, 6) is 0. The SMILES string of the molecule is CS(=O)(=O)c1ccc(Cl)cc1C1CNCCO1. The van der Waals surface area contributed by atoms with Crippen molar-refractivity contribution in [1.29, 1.82) is 0 Å². The average Bonchev–Trinajstić information content (AvgIpc) is 2.28. The molecule has 1 atom stereocenters. The Kier molecular flexibility index (Phi) is 3.73. The van der Waals surface area contributed by atoms with E-state index in [4.69, 9.17) is 16.3 Å². The van der Waals surface area contributed by atoms with Crippen LogP contribution in [0, 0.1) is 0 Å². The number of nitrogens with one attached hydrogen (secondary N) is 1. The van der Waals surface area contributed by atoms with Gasteiger partial charge in [0.15, 0.2) is 9.84 Å². The Labute approximate surface area is 106 Å². The first-order chi connectivity index (χ1) is 7.98. The second kappa shape index (κ2) is 4.94. The van der Waals surface area contributed by atoms with Crippen LogP contribution in [0.4, 0.5) is 0 Å². The lowest BCUT2D eigenvalue weighted by molar-refractivity contribution is 0.0260. The molecule has 17 heavy (non-hydrogen) atoms. The van der Waals surface area contributed by atoms with Gasteiger partial charge in [0.25, 0.3) is 0 Å². The van der Waals surface area contributed by atoms with Gasteiger partial charge in [-0.25, -0.2) is 8.42 Å². The first-order valence-corrected chi connectivity index (χ1v) is 7.57. The maximum absolute atomic E-state index is 11.7. The molecular formula is C11H14ClNO3S. The number of morpholine rings is 1. The Hall–Kier alpha value is -0.620. The first-order valence-electron chi connectivity index (χ1n) is 5.30. The number of halogens is 1. The number of hydrogen-bond donors (Lipinski definition) is 1. The first kappa shape index (κ1) is 12.8. The molecule has 0 radical (unpaired) electrons. The van der Waals surface area contributed by atoms with E-state index in [1.807, 2.05) is 0 Å². The molecule has 1 aromatic rings. The van der Waals surface area contributed by atoms with Gasteiger partial charge in [-0.05, 0) is 18.2 Å². The van der Waals surface area contributed by atoms with Crippen LogP contribution in [0.15, 0.2) is 23.1 Å². The third-order valence-corrected chi connectivity index (χ3v) is 4.05. The quantitative estimate of drug-likeness (QED) is 0.887. The molecule has 94 valence electrons. The van der Waals surface area contributed by atoms with Crippen LogP contribution in [0.2, 0.25) is 5.02 Å². The van der Waals surface area contributed by atoms with Crippen molar-refractivity contribution in [2.45, 2.75) is 11.0 Å². The van der Waals surface area contributed by atoms with Crippen LogP contribution in [0.5, 0.6) is 0 Å². The van der Waals surface area contributed by atoms with Crippen molar-refractivity contribution < 1.29 is 13.2 Å². The number of hydrogen-bond acceptors (Lipinski definition) is 4. The Morgan fingerprint density at radius 3 is 2.82 bits per heavy atom. The summed E-state index contributed by atoms with van der Waals surface area (Å²) < 4.78 is 28.9. The van der Waals surface area contributed by atoms with E-state index < -0.39 is 9.84 Å². The van der Waals surface area contributed by atoms with Gasteiger partial charge in [0.05, 0.1) is 17.6 Å². The Morgan fingerprint density at radius 2 is 2.24 bits per heavy atom. The third kappa shape index (κ3) is 2.98. The van der Waals surface area contributed by atoms with E-state index in [2.05, 4.69) is 5.32 Å². The van der Waals surface area contributed by atoms with Gasteiger partial charge < -0.3 is 10.1 Å². The summed E-state index contributed by atoms with van der Waals surface area (Å²) in [6.07, 6.45) is 0.933. The molecule has 1 fully saturated rings. The minimum Gasteiger partial charge on any atom is -0.371 e. The fourth-order valence-corrected chi connectivity index (χ4v) is 2.99. The molecule has 1 heterocycles. The van der Waals surface area contributed by atoms with Gasteiger partial charge in [-0.1, -0.05) is 11.6 Å². The van der Waals surface area contributed by atoms with Gasteiger partial charge >= 0.3 is 0 Å². The van der Waals surface area contributed by atoms with Crippen LogP contribution < -0.4 is 5.32 Å². The molecule has 6 heteroatoms. The molecule has 0 saturated carbocycles. The van der Waals surface area contributed by atoms with Crippen molar-refractivity contribution in [2.24, 2.45) is 0 Å². The number of rotatable bonds is 2. The maximum atomic E-state index is 11.7. The van der Waals surface area contributed by atoms with Crippen molar-refractivity contribution in [2.75, 3.05) is 26.0 Å². The van der Waals surface area contributed by atoms with Gasteiger partial charge in [0, 0.05) is 29.9 Å². The van der Waals surface area contributed by atoms with Gasteiger partial charge in [-0.2, -0.15) is 0 Å². The zero-order valence-corrected chi connectivity index (χ0v) is 11.0. The van der Waals surface area contributed by atoms with E-state index >= 15 is 0 Å². The van der Waals surface area contributed by atoms with Crippen LogP contribution in [-0.2, 0) is 14.6 Å². The van der Waals surface area contributed by atoms with E-state index in [1.165, 1.54) is 12.3 Å². The molecule has 1 aromatic carbocycles. The number of ether oxygens (including phenoxy) is 1. The Morgan fingerprint density at radius 1 is 1.47 bits per heavy atom. The highest BCUT2D eigenvalue weighted by molar-refractivity contribution is 7.90. The van der Waals surface area contributed by atoms with Crippen LogP contribution in [0.25, 0.3) is 0 Å². The lowest BCUT2D eigenvalue weighted by atomic mass is 10.1. The molecule has 0 bridgehead atoms. The van der Waals surface area contributed by atoms with Crippen LogP contribution in [-0.4, -0.2) is 34.4 Å². The summed E-state index contributed by atoms with van der Waals surface area (Å²) >= 11 is 5.92. The third-order valence-electron chi connectivity index (χ3n) is 2.65. The van der Waals surface area contributed by atoms with Crippen molar-refractivity contribution >= 4 is 21.4 Å². The molecule has 1 N–H and O–H groups in total. The highest BCUT2D eigenvalue weighted by Crippen LogP contribution is 2.28. The standard InChI is InChI=1S/C11H14ClNO3S/c1-17(14,15)11-3-2-8(12)6-9(11)10-7-13-4-5-16-10/h2-3,6,10,13H,4-5,7H2,1H3. The molecular weight excluding hydrogens is 262 g/mol. The van der Waals surface area contributed by atoms with E-state index in [9.17, 15) is 8.42 Å². The van der Waals surface area contributed by atoms with E-state index in [1.54, 1.807) is 12.1 Å². The highest BCUT2D eigenvalue weighted by Gasteiger charge is 2.23. The lowest BCUT2D eigenvalue weighted by Crippen LogP contribution is -2.34. The molecule has 0 spiro atoms. The van der Waals surface area contributed by atoms with Crippen molar-refractivity contribution in [3.8, 4) is 0 Å². The van der Waals surface area contributed by atoms with Gasteiger partial charge in [-0.3, -0.25) is 0 Å². The smallest absolute Gasteiger partial charge is 0.175 e. The van der Waals surface area contributed by atoms with Gasteiger partial charge in [0.2, 0.25) is 0 Å². The predicted octanol–water partition coefficient (Wildman–Crippen LogP) is 1.40. The second-order valence-electron chi connectivity index (χ2n) is 4.02. The van der Waals surface area contributed by atoms with Crippen LogP contribution in [0.1, 0.15) is 11.7 Å². The van der Waals surface area contributed by atoms with Crippen LogP contribution in [0.3, 0.4) is 0 Å². The van der Waals surface area contributed by atoms with E-state index in [0.29, 0.717) is 23.7 Å². The maximum Gasteiger partial charge on any atom is 0.175 e. The van der Waals surface area contributed by atoms with E-state index in [-0.39, 0.29) is 11.0 Å². The summed E-state index contributed by atoms with van der Waals surface area (Å²) in [5, 5.41) is 3.68. The molecule has 0 aliphatic carbocycles. The second-order valence-corrected chi connectivity index (χ2v) is 6.44. The molecule has 1 saturated heterocycles. The van der Waals surface area contributed by atoms with E-state index in [0.717, 1.165) is 6.54 Å². The largest absolute Gasteiger partial charge is 0.371 e. The Bertz CT molecular complexity index is 509. The fourth-order valence-electron chi connectivity index (χ4n) is 1.87. The van der Waals surface area contributed by atoms with Gasteiger partial charge in [-0.15, -0.1) is 0 Å². The average molecular weight is 276 g/mol.